The molecule has 22 heavy (non-hydrogen) atoms. The first-order chi connectivity index (χ1) is 10.4. The molecule has 0 N–H and O–H groups in total. The van der Waals surface area contributed by atoms with Gasteiger partial charge in [0.05, 0.1) is 5.75 Å². The summed E-state index contributed by atoms with van der Waals surface area (Å²) in [4.78, 5) is 2.08. The first-order valence-electron chi connectivity index (χ1n) is 7.66. The molecule has 1 aromatic rings. The van der Waals surface area contributed by atoms with Crippen LogP contribution in [0.4, 0.5) is 0 Å². The second-order valence-corrected chi connectivity index (χ2v) is 9.27. The van der Waals surface area contributed by atoms with Crippen LogP contribution >= 0.6 is 11.8 Å². The van der Waals surface area contributed by atoms with Gasteiger partial charge in [-0.2, -0.15) is 16.1 Å². The Kier molecular flexibility index (Phi) is 6.32. The number of likely N-dealkylation sites (N-methyl/N-ethyl adjacent to an activating group) is 1. The molecule has 1 heterocycles. The fourth-order valence-corrected chi connectivity index (χ4v) is 5.76. The van der Waals surface area contributed by atoms with E-state index in [9.17, 15) is 8.42 Å². The third-order valence-electron chi connectivity index (χ3n) is 3.75. The standard InChI is InChI=1S/C16H26N2O2S2/c1-14-6-4-7-15(10-14)13-22(19,20)18-8-5-9-21-12-16(18)11-17(2)3/h4,6-7,10,16H,5,8-9,11-13H2,1-3H3. The van der Waals surface area contributed by atoms with Gasteiger partial charge in [-0.25, -0.2) is 8.42 Å². The molecule has 1 aliphatic heterocycles. The van der Waals surface area contributed by atoms with Crippen molar-refractivity contribution < 1.29 is 8.42 Å². The van der Waals surface area contributed by atoms with E-state index in [0.29, 0.717) is 6.54 Å². The lowest BCUT2D eigenvalue weighted by atomic mass is 10.2. The van der Waals surface area contributed by atoms with Crippen LogP contribution in [-0.4, -0.2) is 62.4 Å². The maximum atomic E-state index is 12.9. The van der Waals surface area contributed by atoms with Crippen LogP contribution in [0.25, 0.3) is 0 Å². The Morgan fingerprint density at radius 3 is 2.82 bits per heavy atom. The molecular formula is C16H26N2O2S2. The van der Waals surface area contributed by atoms with Gasteiger partial charge in [-0.05, 0) is 38.8 Å². The highest BCUT2D eigenvalue weighted by molar-refractivity contribution is 7.99. The molecule has 2 rings (SSSR count). The molecule has 1 atom stereocenters. The molecule has 0 aromatic heterocycles. The van der Waals surface area contributed by atoms with Gasteiger partial charge in [0, 0.05) is 24.9 Å². The highest BCUT2D eigenvalue weighted by atomic mass is 32.2. The van der Waals surface area contributed by atoms with Crippen LogP contribution in [0.2, 0.25) is 0 Å². The Morgan fingerprint density at radius 2 is 2.14 bits per heavy atom. The van der Waals surface area contributed by atoms with Crippen LogP contribution in [0.15, 0.2) is 24.3 Å². The van der Waals surface area contributed by atoms with E-state index in [1.54, 1.807) is 4.31 Å². The summed E-state index contributed by atoms with van der Waals surface area (Å²) in [6.45, 7) is 3.41. The topological polar surface area (TPSA) is 40.6 Å². The zero-order valence-corrected chi connectivity index (χ0v) is 15.3. The second kappa shape index (κ2) is 7.81. The predicted octanol–water partition coefficient (Wildman–Crippen LogP) is 2.19. The molecule has 1 fully saturated rings. The Bertz CT molecular complexity index is 588. The van der Waals surface area contributed by atoms with Crippen LogP contribution in [-0.2, 0) is 15.8 Å². The first kappa shape index (κ1) is 17.8. The number of benzene rings is 1. The highest BCUT2D eigenvalue weighted by Gasteiger charge is 2.31. The van der Waals surface area contributed by atoms with E-state index in [-0.39, 0.29) is 11.8 Å². The minimum Gasteiger partial charge on any atom is -0.308 e. The Hall–Kier alpha value is -0.560. The summed E-state index contributed by atoms with van der Waals surface area (Å²) in [5, 5.41) is 0. The van der Waals surface area contributed by atoms with E-state index in [1.807, 2.05) is 57.0 Å². The SMILES string of the molecule is Cc1cccc(CS(=O)(=O)N2CCCSCC2CN(C)C)c1. The van der Waals surface area contributed by atoms with E-state index in [0.717, 1.165) is 35.6 Å². The van der Waals surface area contributed by atoms with E-state index in [2.05, 4.69) is 4.90 Å². The zero-order chi connectivity index (χ0) is 16.2. The molecule has 1 saturated heterocycles. The quantitative estimate of drug-likeness (QED) is 0.822. The van der Waals surface area contributed by atoms with Gasteiger partial charge in [0.25, 0.3) is 0 Å². The fourth-order valence-electron chi connectivity index (χ4n) is 2.83. The van der Waals surface area contributed by atoms with Gasteiger partial charge in [0.15, 0.2) is 0 Å². The molecule has 1 aromatic carbocycles. The molecule has 0 saturated carbocycles. The number of hydrogen-bond donors (Lipinski definition) is 0. The van der Waals surface area contributed by atoms with Crippen LogP contribution in [0.3, 0.4) is 0 Å². The minimum absolute atomic E-state index is 0.0670. The van der Waals surface area contributed by atoms with Crippen molar-refractivity contribution in [2.24, 2.45) is 0 Å². The molecule has 0 radical (unpaired) electrons. The molecule has 0 aliphatic carbocycles. The lowest BCUT2D eigenvalue weighted by molar-refractivity contribution is 0.271. The molecule has 4 nitrogen and oxygen atoms in total. The Balaban J connectivity index is 2.20. The summed E-state index contributed by atoms with van der Waals surface area (Å²) in [5.41, 5.74) is 1.98. The Morgan fingerprint density at radius 1 is 1.36 bits per heavy atom. The van der Waals surface area contributed by atoms with Gasteiger partial charge in [-0.3, -0.25) is 0 Å². The maximum Gasteiger partial charge on any atom is 0.218 e. The fraction of sp³-hybridized carbons (Fsp3) is 0.625. The van der Waals surface area contributed by atoms with E-state index >= 15 is 0 Å². The van der Waals surface area contributed by atoms with Gasteiger partial charge < -0.3 is 4.90 Å². The summed E-state index contributed by atoms with van der Waals surface area (Å²) in [5.74, 6) is 2.02. The van der Waals surface area contributed by atoms with Crippen LogP contribution in [0.1, 0.15) is 17.5 Å². The summed E-state index contributed by atoms with van der Waals surface area (Å²) in [7, 11) is 0.724. The molecular weight excluding hydrogens is 316 g/mol. The largest absolute Gasteiger partial charge is 0.308 e. The molecule has 0 spiro atoms. The van der Waals surface area contributed by atoms with E-state index in [1.165, 1.54) is 0 Å². The molecule has 6 heteroatoms. The third-order valence-corrected chi connectivity index (χ3v) is 6.84. The average Bonchev–Trinajstić information content (AvgIpc) is 2.63. The van der Waals surface area contributed by atoms with Gasteiger partial charge in [-0.15, -0.1) is 0 Å². The van der Waals surface area contributed by atoms with Crippen LogP contribution in [0.5, 0.6) is 0 Å². The van der Waals surface area contributed by atoms with Crippen LogP contribution in [0, 0.1) is 6.92 Å². The first-order valence-corrected chi connectivity index (χ1v) is 10.4. The molecule has 1 aliphatic rings. The summed E-state index contributed by atoms with van der Waals surface area (Å²) in [6.07, 6.45) is 0.932. The van der Waals surface area contributed by atoms with Gasteiger partial charge in [0.1, 0.15) is 0 Å². The number of sulfonamides is 1. The van der Waals surface area contributed by atoms with E-state index < -0.39 is 10.0 Å². The average molecular weight is 343 g/mol. The van der Waals surface area contributed by atoms with Crippen molar-refractivity contribution in [1.29, 1.82) is 0 Å². The van der Waals surface area contributed by atoms with Gasteiger partial charge >= 0.3 is 0 Å². The summed E-state index contributed by atoms with van der Waals surface area (Å²) >= 11 is 1.86. The number of rotatable bonds is 5. The third kappa shape index (κ3) is 4.98. The number of hydrogen-bond acceptors (Lipinski definition) is 4. The van der Waals surface area contributed by atoms with Gasteiger partial charge in [0.2, 0.25) is 10.0 Å². The molecule has 1 unspecified atom stereocenters. The highest BCUT2D eigenvalue weighted by Crippen LogP contribution is 2.22. The van der Waals surface area contributed by atoms with Crippen molar-refractivity contribution in [1.82, 2.24) is 9.21 Å². The van der Waals surface area contributed by atoms with E-state index in [4.69, 9.17) is 0 Å². The summed E-state index contributed by atoms with van der Waals surface area (Å²) < 4.78 is 27.6. The minimum atomic E-state index is -3.28. The van der Waals surface area contributed by atoms with Crippen molar-refractivity contribution in [3.05, 3.63) is 35.4 Å². The molecule has 0 bridgehead atoms. The van der Waals surface area contributed by atoms with Crippen molar-refractivity contribution in [2.45, 2.75) is 25.1 Å². The van der Waals surface area contributed by atoms with Crippen molar-refractivity contribution >= 4 is 21.8 Å². The zero-order valence-electron chi connectivity index (χ0n) is 13.7. The second-order valence-electron chi connectivity index (χ2n) is 6.20. The maximum absolute atomic E-state index is 12.9. The summed E-state index contributed by atoms with van der Waals surface area (Å²) in [6, 6.07) is 7.85. The number of nitrogens with zero attached hydrogens (tertiary/aromatic N) is 2. The predicted molar refractivity (Wildman–Crippen MR) is 94.8 cm³/mol. The number of aryl methyl sites for hydroxylation is 1. The molecule has 124 valence electrons. The lowest BCUT2D eigenvalue weighted by Crippen LogP contribution is -2.47. The van der Waals surface area contributed by atoms with Crippen molar-refractivity contribution in [3.63, 3.8) is 0 Å². The Labute approximate surface area is 138 Å². The molecule has 0 amide bonds. The van der Waals surface area contributed by atoms with Crippen LogP contribution < -0.4 is 0 Å². The monoisotopic (exact) mass is 342 g/mol. The smallest absolute Gasteiger partial charge is 0.218 e. The van der Waals surface area contributed by atoms with Crippen molar-refractivity contribution in [3.8, 4) is 0 Å². The normalized spacial score (nSPS) is 21.0. The van der Waals surface area contributed by atoms with Gasteiger partial charge in [-0.1, -0.05) is 29.8 Å². The lowest BCUT2D eigenvalue weighted by Gasteiger charge is -2.30. The van der Waals surface area contributed by atoms with Crippen molar-refractivity contribution in [2.75, 3.05) is 38.7 Å². The number of thioether (sulfide) groups is 1.